The fraction of sp³-hybridized carbons (Fsp3) is 0.500. The van der Waals surface area contributed by atoms with Gasteiger partial charge in [-0.05, 0) is 55.4 Å². The number of hydrogen-bond acceptors (Lipinski definition) is 3. The molecule has 4 heteroatoms. The first-order valence-corrected chi connectivity index (χ1v) is 7.22. The van der Waals surface area contributed by atoms with E-state index >= 15 is 0 Å². The van der Waals surface area contributed by atoms with E-state index in [-0.39, 0.29) is 23.7 Å². The van der Waals surface area contributed by atoms with Gasteiger partial charge in [0.25, 0.3) is 0 Å². The molecule has 0 aromatic heterocycles. The lowest BCUT2D eigenvalue weighted by Crippen LogP contribution is -2.32. The second kappa shape index (κ2) is 4.08. The molecular weight excluding hydrogens is 254 g/mol. The van der Waals surface area contributed by atoms with Crippen molar-refractivity contribution in [2.75, 3.05) is 12.0 Å². The monoisotopic (exact) mass is 271 g/mol. The van der Waals surface area contributed by atoms with E-state index in [2.05, 4.69) is 0 Å². The van der Waals surface area contributed by atoms with Crippen molar-refractivity contribution in [3.05, 3.63) is 24.3 Å². The van der Waals surface area contributed by atoms with E-state index in [4.69, 9.17) is 4.74 Å². The van der Waals surface area contributed by atoms with E-state index in [1.54, 1.807) is 31.4 Å². The average molecular weight is 271 g/mol. The van der Waals surface area contributed by atoms with Crippen molar-refractivity contribution >= 4 is 17.5 Å². The molecule has 2 saturated carbocycles. The number of imide groups is 1. The van der Waals surface area contributed by atoms with Gasteiger partial charge < -0.3 is 4.74 Å². The third-order valence-corrected chi connectivity index (χ3v) is 5.26. The zero-order valence-electron chi connectivity index (χ0n) is 11.4. The first-order valence-electron chi connectivity index (χ1n) is 7.22. The van der Waals surface area contributed by atoms with Crippen molar-refractivity contribution in [3.63, 3.8) is 0 Å². The average Bonchev–Trinajstić information content (AvgIpc) is 3.14. The highest BCUT2D eigenvalue weighted by Gasteiger charge is 2.61. The van der Waals surface area contributed by atoms with Crippen LogP contribution in [0.2, 0.25) is 0 Å². The Kier molecular flexibility index (Phi) is 2.43. The van der Waals surface area contributed by atoms with Crippen molar-refractivity contribution in [3.8, 4) is 5.75 Å². The summed E-state index contributed by atoms with van der Waals surface area (Å²) < 4.78 is 5.12. The molecule has 0 unspecified atom stereocenters. The molecule has 3 fully saturated rings. The summed E-state index contributed by atoms with van der Waals surface area (Å²) in [6.45, 7) is 0. The summed E-state index contributed by atoms with van der Waals surface area (Å²) in [4.78, 5) is 26.6. The summed E-state index contributed by atoms with van der Waals surface area (Å²) in [5, 5.41) is 0. The summed E-state index contributed by atoms with van der Waals surface area (Å²) >= 11 is 0. The van der Waals surface area contributed by atoms with Crippen LogP contribution in [0.1, 0.15) is 19.3 Å². The molecule has 2 amide bonds. The fourth-order valence-electron chi connectivity index (χ4n) is 4.39. The van der Waals surface area contributed by atoms with Crippen molar-refractivity contribution < 1.29 is 14.3 Å². The van der Waals surface area contributed by atoms with Crippen LogP contribution in [0.4, 0.5) is 5.69 Å². The smallest absolute Gasteiger partial charge is 0.237 e. The van der Waals surface area contributed by atoms with Crippen LogP contribution in [-0.4, -0.2) is 18.9 Å². The van der Waals surface area contributed by atoms with E-state index in [9.17, 15) is 9.59 Å². The normalized spacial score (nSPS) is 34.8. The minimum atomic E-state index is -0.0525. The highest BCUT2D eigenvalue weighted by molar-refractivity contribution is 6.22. The van der Waals surface area contributed by atoms with Crippen molar-refractivity contribution in [2.24, 2.45) is 23.7 Å². The van der Waals surface area contributed by atoms with Crippen molar-refractivity contribution in [2.45, 2.75) is 19.3 Å². The van der Waals surface area contributed by atoms with Gasteiger partial charge in [0.05, 0.1) is 24.6 Å². The highest BCUT2D eigenvalue weighted by atomic mass is 16.5. The molecule has 1 aliphatic heterocycles. The van der Waals surface area contributed by atoms with Crippen LogP contribution in [-0.2, 0) is 9.59 Å². The van der Waals surface area contributed by atoms with Gasteiger partial charge in [-0.1, -0.05) is 0 Å². The maximum Gasteiger partial charge on any atom is 0.237 e. The van der Waals surface area contributed by atoms with Gasteiger partial charge in [0.15, 0.2) is 0 Å². The summed E-state index contributed by atoms with van der Waals surface area (Å²) in [5.74, 6) is 1.52. The number of nitrogens with zero attached hydrogens (tertiary/aromatic N) is 1. The lowest BCUT2D eigenvalue weighted by Gasteiger charge is -2.19. The number of benzene rings is 1. The van der Waals surface area contributed by atoms with Gasteiger partial charge in [0, 0.05) is 0 Å². The predicted octanol–water partition coefficient (Wildman–Crippen LogP) is 2.23. The van der Waals surface area contributed by atoms with Gasteiger partial charge in [-0.15, -0.1) is 0 Å². The number of anilines is 1. The highest BCUT2D eigenvalue weighted by Crippen LogP contribution is 2.56. The molecule has 4 nitrogen and oxygen atoms in total. The molecule has 20 heavy (non-hydrogen) atoms. The Morgan fingerprint density at radius 2 is 1.55 bits per heavy atom. The molecule has 0 radical (unpaired) electrons. The molecule has 0 N–H and O–H groups in total. The first kappa shape index (κ1) is 11.9. The molecule has 1 heterocycles. The lowest BCUT2D eigenvalue weighted by atomic mass is 9.81. The number of amides is 2. The Labute approximate surface area is 117 Å². The Hall–Kier alpha value is -1.84. The standard InChI is InChI=1S/C16H17NO3/c1-20-12-6-4-11(5-7-12)17-15(18)13-9-2-3-10(8-9)14(13)16(17)19/h4-7,9-10,13-14H,2-3,8H2,1H3/t9-,10+,13-,14-/m0/s1. The number of fused-ring (bicyclic) bond motifs is 5. The molecule has 4 atom stereocenters. The van der Waals surface area contributed by atoms with Gasteiger partial charge >= 0.3 is 0 Å². The Balaban J connectivity index is 1.69. The van der Waals surface area contributed by atoms with Crippen molar-refractivity contribution in [1.29, 1.82) is 0 Å². The number of carbonyl (C=O) groups is 2. The van der Waals surface area contributed by atoms with E-state index in [1.165, 1.54) is 4.90 Å². The lowest BCUT2D eigenvalue weighted by molar-refractivity contribution is -0.123. The Bertz CT molecular complexity index is 552. The molecular formula is C16H17NO3. The van der Waals surface area contributed by atoms with Crippen LogP contribution in [0.25, 0.3) is 0 Å². The van der Waals surface area contributed by atoms with Crippen LogP contribution in [0.5, 0.6) is 5.75 Å². The van der Waals surface area contributed by atoms with Crippen LogP contribution >= 0.6 is 0 Å². The quantitative estimate of drug-likeness (QED) is 0.775. The second-order valence-electron chi connectivity index (χ2n) is 6.09. The van der Waals surface area contributed by atoms with E-state index in [1.807, 2.05) is 0 Å². The zero-order valence-corrected chi connectivity index (χ0v) is 11.4. The summed E-state index contributed by atoms with van der Waals surface area (Å²) in [7, 11) is 1.60. The van der Waals surface area contributed by atoms with Gasteiger partial charge in [0.2, 0.25) is 11.8 Å². The third kappa shape index (κ3) is 1.42. The fourth-order valence-corrected chi connectivity index (χ4v) is 4.39. The Morgan fingerprint density at radius 1 is 1.00 bits per heavy atom. The van der Waals surface area contributed by atoms with Crippen LogP contribution in [0.3, 0.4) is 0 Å². The van der Waals surface area contributed by atoms with E-state index in [0.717, 1.165) is 25.0 Å². The SMILES string of the molecule is COc1ccc(N2C(=O)[C@H]3[C@@H]4CC[C@@H](C4)[C@@H]3C2=O)cc1. The summed E-state index contributed by atoms with van der Waals surface area (Å²) in [6, 6.07) is 7.16. The molecule has 1 saturated heterocycles. The molecule has 2 bridgehead atoms. The topological polar surface area (TPSA) is 46.6 Å². The maximum atomic E-state index is 12.6. The maximum absolute atomic E-state index is 12.6. The number of hydrogen-bond donors (Lipinski definition) is 0. The Morgan fingerprint density at radius 3 is 2.05 bits per heavy atom. The van der Waals surface area contributed by atoms with Crippen LogP contribution in [0.15, 0.2) is 24.3 Å². The van der Waals surface area contributed by atoms with Gasteiger partial charge in [-0.2, -0.15) is 0 Å². The minimum Gasteiger partial charge on any atom is -0.497 e. The first-order chi connectivity index (χ1) is 9.70. The molecule has 2 aliphatic carbocycles. The van der Waals surface area contributed by atoms with Gasteiger partial charge in [0.1, 0.15) is 5.75 Å². The largest absolute Gasteiger partial charge is 0.497 e. The van der Waals surface area contributed by atoms with Gasteiger partial charge in [-0.25, -0.2) is 0 Å². The van der Waals surface area contributed by atoms with Crippen LogP contribution in [0, 0.1) is 23.7 Å². The second-order valence-corrected chi connectivity index (χ2v) is 6.09. The minimum absolute atomic E-state index is 0.0115. The molecule has 1 aromatic rings. The number of methoxy groups -OCH3 is 1. The molecule has 0 spiro atoms. The third-order valence-electron chi connectivity index (χ3n) is 5.26. The van der Waals surface area contributed by atoms with E-state index < -0.39 is 0 Å². The number of ether oxygens (including phenoxy) is 1. The number of rotatable bonds is 2. The number of carbonyl (C=O) groups excluding carboxylic acids is 2. The molecule has 3 aliphatic rings. The summed E-state index contributed by atoms with van der Waals surface area (Å²) in [5.41, 5.74) is 0.676. The molecule has 4 rings (SSSR count). The molecule has 1 aromatic carbocycles. The van der Waals surface area contributed by atoms with Crippen molar-refractivity contribution in [1.82, 2.24) is 0 Å². The summed E-state index contributed by atoms with van der Waals surface area (Å²) in [6.07, 6.45) is 3.30. The van der Waals surface area contributed by atoms with Crippen LogP contribution < -0.4 is 9.64 Å². The predicted molar refractivity (Wildman–Crippen MR) is 73.3 cm³/mol. The van der Waals surface area contributed by atoms with E-state index in [0.29, 0.717) is 17.5 Å². The molecule has 104 valence electrons. The van der Waals surface area contributed by atoms with Gasteiger partial charge in [-0.3, -0.25) is 14.5 Å². The zero-order chi connectivity index (χ0) is 13.9.